The molecule has 0 saturated heterocycles. The largest absolute Gasteiger partial charge is 0.573 e. The summed E-state index contributed by atoms with van der Waals surface area (Å²) in [5.41, 5.74) is 2.47. The average molecular weight is 381 g/mol. The summed E-state index contributed by atoms with van der Waals surface area (Å²) in [4.78, 5) is 4.10. The second-order valence-corrected chi connectivity index (χ2v) is 5.64. The molecule has 27 heavy (non-hydrogen) atoms. The summed E-state index contributed by atoms with van der Waals surface area (Å²) in [5, 5.41) is 6.14. The summed E-state index contributed by atoms with van der Waals surface area (Å²) < 4.78 is 46.8. The molecule has 0 unspecified atom stereocenters. The van der Waals surface area contributed by atoms with Crippen LogP contribution in [0.5, 0.6) is 5.75 Å². The van der Waals surface area contributed by atoms with Crippen molar-refractivity contribution in [2.75, 3.05) is 14.2 Å². The minimum atomic E-state index is -4.74. The second kappa shape index (κ2) is 9.82. The van der Waals surface area contributed by atoms with Crippen molar-refractivity contribution in [3.63, 3.8) is 0 Å². The van der Waals surface area contributed by atoms with E-state index in [1.54, 1.807) is 26.3 Å². The Bertz CT molecular complexity index is 764. The predicted molar refractivity (Wildman–Crippen MR) is 97.3 cm³/mol. The fourth-order valence-electron chi connectivity index (χ4n) is 2.48. The highest BCUT2D eigenvalue weighted by Crippen LogP contribution is 2.26. The van der Waals surface area contributed by atoms with Crippen LogP contribution in [0.15, 0.2) is 53.5 Å². The zero-order valence-electron chi connectivity index (χ0n) is 15.1. The minimum Gasteiger partial charge on any atom is -0.405 e. The fraction of sp³-hybridized carbons (Fsp3) is 0.316. The van der Waals surface area contributed by atoms with Crippen molar-refractivity contribution in [1.82, 2.24) is 10.6 Å². The molecule has 2 N–H and O–H groups in total. The number of aliphatic imine (C=N–C) groups is 1. The second-order valence-electron chi connectivity index (χ2n) is 5.64. The van der Waals surface area contributed by atoms with Gasteiger partial charge in [0, 0.05) is 32.8 Å². The average Bonchev–Trinajstić information content (AvgIpc) is 2.63. The molecule has 0 saturated carbocycles. The number of guanidine groups is 1. The Labute approximate surface area is 156 Å². The fourth-order valence-corrected chi connectivity index (χ4v) is 2.48. The van der Waals surface area contributed by atoms with Crippen molar-refractivity contribution in [3.05, 3.63) is 65.2 Å². The number of nitrogens with one attached hydrogen (secondary N) is 2. The minimum absolute atomic E-state index is 0.131. The maximum Gasteiger partial charge on any atom is 0.573 e. The molecular weight excluding hydrogens is 359 g/mol. The first kappa shape index (κ1) is 20.6. The maximum absolute atomic E-state index is 12.5. The lowest BCUT2D eigenvalue weighted by Gasteiger charge is -2.16. The van der Waals surface area contributed by atoms with Gasteiger partial charge in [-0.15, -0.1) is 13.2 Å². The molecule has 8 heteroatoms. The van der Waals surface area contributed by atoms with E-state index in [1.807, 2.05) is 24.3 Å². The summed E-state index contributed by atoms with van der Waals surface area (Å²) in [7, 11) is 3.22. The van der Waals surface area contributed by atoms with E-state index in [9.17, 15) is 13.2 Å². The normalized spacial score (nSPS) is 12.0. The van der Waals surface area contributed by atoms with Crippen LogP contribution >= 0.6 is 0 Å². The van der Waals surface area contributed by atoms with Crippen molar-refractivity contribution < 1.29 is 22.6 Å². The van der Waals surface area contributed by atoms with Crippen LogP contribution in [-0.2, 0) is 24.4 Å². The molecule has 0 amide bonds. The Morgan fingerprint density at radius 3 is 2.07 bits per heavy atom. The summed E-state index contributed by atoms with van der Waals surface area (Å²) >= 11 is 0. The Kier molecular flexibility index (Phi) is 7.48. The molecule has 5 nitrogen and oxygen atoms in total. The molecule has 0 aromatic heterocycles. The van der Waals surface area contributed by atoms with Crippen LogP contribution < -0.4 is 15.4 Å². The number of methoxy groups -OCH3 is 1. The van der Waals surface area contributed by atoms with Gasteiger partial charge in [-0.25, -0.2) is 0 Å². The van der Waals surface area contributed by atoms with Crippen LogP contribution in [-0.4, -0.2) is 26.5 Å². The van der Waals surface area contributed by atoms with Gasteiger partial charge in [0.15, 0.2) is 5.96 Å². The summed E-state index contributed by atoms with van der Waals surface area (Å²) in [6.07, 6.45) is -4.74. The van der Waals surface area contributed by atoms with Gasteiger partial charge in [-0.2, -0.15) is 0 Å². The van der Waals surface area contributed by atoms with Crippen LogP contribution in [0.1, 0.15) is 16.7 Å². The highest BCUT2D eigenvalue weighted by atomic mass is 19.4. The van der Waals surface area contributed by atoms with Gasteiger partial charge in [-0.3, -0.25) is 4.99 Å². The molecule has 0 bridgehead atoms. The molecule has 2 rings (SSSR count). The summed E-state index contributed by atoms with van der Waals surface area (Å²) in [6, 6.07) is 13.8. The lowest BCUT2D eigenvalue weighted by atomic mass is 10.1. The number of rotatable bonds is 7. The number of hydrogen-bond donors (Lipinski definition) is 2. The SMILES string of the molecule is CN=C(NCc1ccccc1COC)NCc1ccccc1OC(F)(F)F. The van der Waals surface area contributed by atoms with Crippen molar-refractivity contribution in [1.29, 1.82) is 0 Å². The van der Waals surface area contributed by atoms with Crippen molar-refractivity contribution >= 4 is 5.96 Å². The molecule has 0 atom stereocenters. The third-order valence-corrected chi connectivity index (χ3v) is 3.73. The van der Waals surface area contributed by atoms with Gasteiger partial charge in [0.2, 0.25) is 0 Å². The van der Waals surface area contributed by atoms with Gasteiger partial charge in [0.25, 0.3) is 0 Å². The van der Waals surface area contributed by atoms with Gasteiger partial charge < -0.3 is 20.1 Å². The molecule has 0 fully saturated rings. The number of alkyl halides is 3. The molecule has 2 aromatic carbocycles. The first-order valence-corrected chi connectivity index (χ1v) is 8.27. The summed E-state index contributed by atoms with van der Waals surface area (Å²) in [5.74, 6) is 0.224. The topological polar surface area (TPSA) is 54.9 Å². The Balaban J connectivity index is 1.97. The number of hydrogen-bond acceptors (Lipinski definition) is 3. The molecule has 0 aliphatic heterocycles. The van der Waals surface area contributed by atoms with Crippen molar-refractivity contribution in [2.45, 2.75) is 26.1 Å². The van der Waals surface area contributed by atoms with Gasteiger partial charge in [0.1, 0.15) is 5.75 Å². The molecule has 0 aliphatic carbocycles. The molecule has 0 spiro atoms. The van der Waals surface area contributed by atoms with E-state index < -0.39 is 6.36 Å². The molecule has 0 aliphatic rings. The third-order valence-electron chi connectivity index (χ3n) is 3.73. The van der Waals surface area contributed by atoms with Crippen LogP contribution in [0.3, 0.4) is 0 Å². The highest BCUT2D eigenvalue weighted by molar-refractivity contribution is 5.79. The summed E-state index contributed by atoms with van der Waals surface area (Å²) in [6.45, 7) is 1.12. The Hall–Kier alpha value is -2.74. The van der Waals surface area contributed by atoms with E-state index in [4.69, 9.17) is 4.74 Å². The van der Waals surface area contributed by atoms with Gasteiger partial charge in [-0.1, -0.05) is 42.5 Å². The zero-order valence-corrected chi connectivity index (χ0v) is 15.1. The van der Waals surface area contributed by atoms with Gasteiger partial charge in [0.05, 0.1) is 6.61 Å². The quantitative estimate of drug-likeness (QED) is 0.569. The van der Waals surface area contributed by atoms with E-state index in [-0.39, 0.29) is 12.3 Å². The standard InChI is InChI=1S/C19H22F3N3O2/c1-23-18(24-11-14-7-3-4-9-16(14)13-26-2)25-12-15-8-5-6-10-17(15)27-19(20,21)22/h3-10H,11-13H2,1-2H3,(H2,23,24,25). The van der Waals surface area contributed by atoms with Crippen LogP contribution in [0.2, 0.25) is 0 Å². The third kappa shape index (κ3) is 6.82. The first-order valence-electron chi connectivity index (χ1n) is 8.27. The van der Waals surface area contributed by atoms with Crippen LogP contribution in [0.4, 0.5) is 13.2 Å². The molecular formula is C19H22F3N3O2. The smallest absolute Gasteiger partial charge is 0.405 e. The van der Waals surface area contributed by atoms with Gasteiger partial charge in [-0.05, 0) is 17.2 Å². The van der Waals surface area contributed by atoms with Crippen LogP contribution in [0.25, 0.3) is 0 Å². The lowest BCUT2D eigenvalue weighted by Crippen LogP contribution is -2.36. The Morgan fingerprint density at radius 1 is 0.926 bits per heavy atom. The van der Waals surface area contributed by atoms with Gasteiger partial charge >= 0.3 is 6.36 Å². The van der Waals surface area contributed by atoms with E-state index in [0.717, 1.165) is 11.1 Å². The number of halogens is 3. The van der Waals surface area contributed by atoms with E-state index in [2.05, 4.69) is 20.4 Å². The van der Waals surface area contributed by atoms with Crippen molar-refractivity contribution in [2.24, 2.45) is 4.99 Å². The molecule has 146 valence electrons. The zero-order chi connectivity index (χ0) is 19.7. The maximum atomic E-state index is 12.5. The number of benzene rings is 2. The van der Waals surface area contributed by atoms with Crippen LogP contribution in [0, 0.1) is 0 Å². The number of ether oxygens (including phenoxy) is 2. The van der Waals surface area contributed by atoms with E-state index in [1.165, 1.54) is 12.1 Å². The Morgan fingerprint density at radius 2 is 1.48 bits per heavy atom. The lowest BCUT2D eigenvalue weighted by molar-refractivity contribution is -0.274. The van der Waals surface area contributed by atoms with E-state index >= 15 is 0 Å². The predicted octanol–water partition coefficient (Wildman–Crippen LogP) is 3.60. The monoisotopic (exact) mass is 381 g/mol. The molecule has 2 aromatic rings. The number of para-hydroxylation sites is 1. The number of nitrogens with zero attached hydrogens (tertiary/aromatic N) is 1. The highest BCUT2D eigenvalue weighted by Gasteiger charge is 2.31. The van der Waals surface area contributed by atoms with E-state index in [0.29, 0.717) is 24.7 Å². The first-order chi connectivity index (χ1) is 12.9. The molecule has 0 heterocycles. The molecule has 0 radical (unpaired) electrons. The van der Waals surface area contributed by atoms with Crippen molar-refractivity contribution in [3.8, 4) is 5.75 Å².